The molecule has 9 aromatic heterocycles. The molecule has 14 rings (SSSR count). The third-order valence-corrected chi connectivity index (χ3v) is 16.5. The fourth-order valence-electron chi connectivity index (χ4n) is 11.7. The first-order valence-corrected chi connectivity index (χ1v) is 34.0. The second-order valence-electron chi connectivity index (χ2n) is 27.8. The summed E-state index contributed by atoms with van der Waals surface area (Å²) in [7, 11) is 10.5. The standard InChI is InChI=1S/C25H31ClN8O4.C25H30N8O4.C20H22N8O2/c1-14(12-37-13-15-7-16-11-32(5)31-21(16)17(27)8-15)29-23(35)19-10-28-22-18(9-20(26)30-34(19)22)33(6)24(36)38-25(2,3)4;1-14-12-36-13-15-7-16-11-31(5)30-21(16)17(8-15)28-20-9-18(32(6)24(35)37-25(2,3)4)22-26-10-19(23(34)27-14)33(22)29-20;1-11-9-30-10-12-4-13-8-27(3)26-18(13)14(5-12)24-17-6-15(21-2)19-22-7-16(20(29)23-11)28(19)25-17/h7-11,14H,12-13,27H2,1-6H3,(H,29,35);7-11,14H,12-13H2,1-6H3,(H,27,34)(H,28,29);4-8,11,21H,9-10H2,1-3H3,(H,23,29)(H,24,25)/t2*14-;11-/m111/s1. The molecule has 550 valence electrons. The number of ether oxygens (including phenoxy) is 5. The van der Waals surface area contributed by atoms with E-state index in [1.165, 1.54) is 50.5 Å². The van der Waals surface area contributed by atoms with Gasteiger partial charge in [-0.15, -0.1) is 10.2 Å². The van der Waals surface area contributed by atoms with Crippen LogP contribution in [0.4, 0.5) is 55.3 Å². The Kier molecular flexibility index (Phi) is 20.5. The number of aromatic nitrogens is 15. The Hall–Kier alpha value is -11.8. The van der Waals surface area contributed by atoms with E-state index in [1.54, 1.807) is 73.2 Å². The van der Waals surface area contributed by atoms with Crippen LogP contribution >= 0.6 is 11.6 Å². The van der Waals surface area contributed by atoms with Crippen LogP contribution in [0.15, 0.2) is 91.8 Å². The third-order valence-electron chi connectivity index (χ3n) is 16.3. The zero-order valence-corrected chi connectivity index (χ0v) is 61.5. The van der Waals surface area contributed by atoms with Gasteiger partial charge in [-0.1, -0.05) is 11.6 Å². The number of carbonyl (C=O) groups excluding carboxylic acids is 5. The molecule has 8 N–H and O–H groups in total. The summed E-state index contributed by atoms with van der Waals surface area (Å²) in [5, 5.41) is 48.6. The molecule has 34 nitrogen and oxygen atoms in total. The molecule has 0 saturated heterocycles. The first-order valence-electron chi connectivity index (χ1n) is 33.6. The highest BCUT2D eigenvalue weighted by Crippen LogP contribution is 2.34. The van der Waals surface area contributed by atoms with Crippen molar-refractivity contribution < 1.29 is 47.7 Å². The van der Waals surface area contributed by atoms with Crippen LogP contribution < -0.4 is 47.4 Å². The number of carbonyl (C=O) groups is 5. The predicted octanol–water partition coefficient (Wildman–Crippen LogP) is 8.99. The van der Waals surface area contributed by atoms with Crippen molar-refractivity contribution in [2.24, 2.45) is 21.1 Å². The average molecular weight is 1460 g/mol. The van der Waals surface area contributed by atoms with Crippen LogP contribution in [-0.4, -0.2) is 173 Å². The van der Waals surface area contributed by atoms with Crippen molar-refractivity contribution in [2.45, 2.75) is 111 Å². The van der Waals surface area contributed by atoms with Gasteiger partial charge in [0.05, 0.1) is 92.4 Å². The van der Waals surface area contributed by atoms with E-state index < -0.39 is 29.3 Å². The molecule has 8 bridgehead atoms. The molecule has 5 amide bonds. The highest BCUT2D eigenvalue weighted by Gasteiger charge is 2.29. The van der Waals surface area contributed by atoms with Crippen LogP contribution in [0.2, 0.25) is 5.15 Å². The zero-order valence-electron chi connectivity index (χ0n) is 60.8. The molecule has 0 unspecified atom stereocenters. The van der Waals surface area contributed by atoms with Gasteiger partial charge in [0.1, 0.15) is 27.8 Å². The van der Waals surface area contributed by atoms with Crippen LogP contribution in [0.3, 0.4) is 0 Å². The Morgan fingerprint density at radius 1 is 0.638 bits per heavy atom. The largest absolute Gasteiger partial charge is 0.443 e. The first-order chi connectivity index (χ1) is 49.8. The number of rotatable bonds is 9. The van der Waals surface area contributed by atoms with E-state index in [0.29, 0.717) is 84.4 Å². The molecule has 0 fully saturated rings. The molecule has 3 aromatic carbocycles. The van der Waals surface area contributed by atoms with Gasteiger partial charge in [-0.25, -0.2) is 38.1 Å². The topological polar surface area (TPSA) is 380 Å². The number of benzene rings is 3. The molecule has 11 heterocycles. The molecular formula is C70H83ClN24O10. The van der Waals surface area contributed by atoms with Crippen LogP contribution in [0, 0.1) is 0 Å². The van der Waals surface area contributed by atoms with Gasteiger partial charge in [0.2, 0.25) is 0 Å². The second kappa shape index (κ2) is 29.5. The smallest absolute Gasteiger partial charge is 0.414 e. The molecule has 0 spiro atoms. The van der Waals surface area contributed by atoms with Crippen molar-refractivity contribution in [1.29, 1.82) is 0 Å². The van der Waals surface area contributed by atoms with Gasteiger partial charge in [-0.2, -0.15) is 20.4 Å². The normalized spacial score (nSPS) is 15.2. The first kappa shape index (κ1) is 73.0. The van der Waals surface area contributed by atoms with Crippen molar-refractivity contribution in [3.05, 3.63) is 131 Å². The number of fused-ring (bicyclic) bond motifs is 12. The summed E-state index contributed by atoms with van der Waals surface area (Å²) in [5.74, 6) is -0.0841. The van der Waals surface area contributed by atoms with Crippen LogP contribution in [0.5, 0.6) is 0 Å². The van der Waals surface area contributed by atoms with Crippen molar-refractivity contribution in [1.82, 2.24) is 89.1 Å². The van der Waals surface area contributed by atoms with Crippen LogP contribution in [0.25, 0.3) is 49.7 Å². The quantitative estimate of drug-likeness (QED) is 0.0662. The number of aryl methyl sites for hydroxylation is 3. The summed E-state index contributed by atoms with van der Waals surface area (Å²) in [6.45, 7) is 18.4. The van der Waals surface area contributed by atoms with E-state index >= 15 is 0 Å². The summed E-state index contributed by atoms with van der Waals surface area (Å²) >= 11 is 6.22. The number of amides is 5. The lowest BCUT2D eigenvalue weighted by molar-refractivity contribution is 0.0578. The maximum absolute atomic E-state index is 13.1. The van der Waals surface area contributed by atoms with E-state index in [2.05, 4.69) is 83.5 Å². The predicted molar refractivity (Wildman–Crippen MR) is 396 cm³/mol. The molecule has 0 aliphatic carbocycles. The molecule has 0 saturated carbocycles. The van der Waals surface area contributed by atoms with Gasteiger partial charge in [0.25, 0.3) is 17.7 Å². The SMILES string of the molecule is CNc1cc2nn3c(cnc13)C(=O)N[C@H](C)COCc1cc(c3nn(C)cc3c1)N2.C[C@@H]1COCc2cc(c3nn(C)cc3c2)Nc2cc(N(C)C(=O)OC(C)(C)C)c3ncc(n3n2)C(=O)N1.C[C@H](COCc1cc(N)c2nn(C)cc2c1)NC(=O)c1cnc2c(N(C)C(=O)OC(C)(C)C)cc(Cl)nn12. The summed E-state index contributed by atoms with van der Waals surface area (Å²) in [6, 6.07) is 16.2. The molecule has 12 aromatic rings. The molecule has 3 atom stereocenters. The lowest BCUT2D eigenvalue weighted by Gasteiger charge is -2.25. The molecule has 2 aliphatic rings. The fraction of sp³-hybridized carbons (Fsp3) is 0.371. The Balaban J connectivity index is 0.000000149. The third kappa shape index (κ3) is 16.5. The van der Waals surface area contributed by atoms with Crippen LogP contribution in [0.1, 0.15) is 110 Å². The van der Waals surface area contributed by atoms with E-state index in [0.717, 1.165) is 60.8 Å². The summed E-state index contributed by atoms with van der Waals surface area (Å²) in [5.41, 5.74) is 15.5. The minimum absolute atomic E-state index is 0.0798. The van der Waals surface area contributed by atoms with Crippen molar-refractivity contribution in [3.63, 3.8) is 0 Å². The lowest BCUT2D eigenvalue weighted by Crippen LogP contribution is -2.37. The Bertz CT molecular complexity index is 5330. The minimum atomic E-state index is -0.687. The van der Waals surface area contributed by atoms with Crippen LogP contribution in [-0.2, 0) is 64.6 Å². The summed E-state index contributed by atoms with van der Waals surface area (Å²) in [6.07, 6.45) is 8.98. The molecule has 0 radical (unpaired) electrons. The lowest BCUT2D eigenvalue weighted by atomic mass is 10.1. The number of anilines is 8. The molecule has 2 aliphatic heterocycles. The van der Waals surface area contributed by atoms with Crippen molar-refractivity contribution in [2.75, 3.05) is 72.4 Å². The van der Waals surface area contributed by atoms with Gasteiger partial charge >= 0.3 is 12.2 Å². The molecular weight excluding hydrogens is 1370 g/mol. The van der Waals surface area contributed by atoms with Crippen molar-refractivity contribution in [3.8, 4) is 0 Å². The second-order valence-corrected chi connectivity index (χ2v) is 28.2. The fourth-order valence-corrected chi connectivity index (χ4v) is 11.9. The zero-order chi connectivity index (χ0) is 75.1. The maximum atomic E-state index is 13.1. The Labute approximate surface area is 606 Å². The number of nitrogens with one attached hydrogen (secondary N) is 6. The molecule has 105 heavy (non-hydrogen) atoms. The maximum Gasteiger partial charge on any atom is 0.414 e. The number of nitrogen functional groups attached to an aromatic ring is 1. The molecule has 35 heteroatoms. The number of hydrogen-bond donors (Lipinski definition) is 7. The van der Waals surface area contributed by atoms with Crippen molar-refractivity contribution >= 4 is 137 Å². The van der Waals surface area contributed by atoms with Gasteiger partial charge in [0, 0.05) is 113 Å². The number of nitrogens with zero attached hydrogens (tertiary/aromatic N) is 17. The summed E-state index contributed by atoms with van der Waals surface area (Å²) < 4.78 is 38.1. The number of nitrogens with two attached hydrogens (primary N) is 1. The Morgan fingerprint density at radius 2 is 1.11 bits per heavy atom. The van der Waals surface area contributed by atoms with Gasteiger partial charge in [-0.3, -0.25) is 38.2 Å². The van der Waals surface area contributed by atoms with Gasteiger partial charge in [-0.05, 0) is 115 Å². The van der Waals surface area contributed by atoms with Gasteiger partial charge in [0.15, 0.2) is 50.8 Å². The highest BCUT2D eigenvalue weighted by molar-refractivity contribution is 6.29. The average Bonchev–Trinajstić information content (AvgIpc) is 1.70. The summed E-state index contributed by atoms with van der Waals surface area (Å²) in [4.78, 5) is 80.2. The van der Waals surface area contributed by atoms with Gasteiger partial charge < -0.3 is 61.3 Å². The van der Waals surface area contributed by atoms with E-state index in [1.807, 2.05) is 104 Å². The number of imidazole rings is 3. The van der Waals surface area contributed by atoms with E-state index in [4.69, 9.17) is 41.0 Å². The Morgan fingerprint density at radius 3 is 1.65 bits per heavy atom. The number of halogens is 1. The minimum Gasteiger partial charge on any atom is -0.443 e. The number of hydrogen-bond acceptors (Lipinski definition) is 23. The van der Waals surface area contributed by atoms with E-state index in [-0.39, 0.29) is 58.7 Å². The van der Waals surface area contributed by atoms with E-state index in [9.17, 15) is 24.0 Å². The highest BCUT2D eigenvalue weighted by atomic mass is 35.5. The monoisotopic (exact) mass is 1450 g/mol.